The molecule has 8 heteroatoms. The molecular weight excluding hydrogens is 365 g/mol. The summed E-state index contributed by atoms with van der Waals surface area (Å²) in [5.41, 5.74) is 7.56. The van der Waals surface area contributed by atoms with E-state index in [0.717, 1.165) is 32.0 Å². The summed E-state index contributed by atoms with van der Waals surface area (Å²) in [6.45, 7) is 6.03. The van der Waals surface area contributed by atoms with Crippen LogP contribution in [0.15, 0.2) is 24.3 Å². The van der Waals surface area contributed by atoms with Crippen LogP contribution in [0.25, 0.3) is 0 Å². The Bertz CT molecular complexity index is 492. The van der Waals surface area contributed by atoms with E-state index in [9.17, 15) is 4.79 Å². The van der Waals surface area contributed by atoms with Crippen LogP contribution in [-0.4, -0.2) is 56.9 Å². The molecule has 0 radical (unpaired) electrons. The molecule has 2 atom stereocenters. The number of nitrogens with two attached hydrogens (primary N) is 1. The number of hydrogen-bond donors (Lipinski definition) is 2. The average molecular weight is 394 g/mol. The highest BCUT2D eigenvalue weighted by atomic mass is 35.5. The maximum Gasteiger partial charge on any atom is 0.227 e. The van der Waals surface area contributed by atoms with Crippen molar-refractivity contribution in [2.75, 3.05) is 45.3 Å². The number of methoxy groups -OCH3 is 1. The molecule has 2 rings (SSSR count). The Balaban J connectivity index is 0.00000288. The first-order valence-corrected chi connectivity index (χ1v) is 8.08. The number of nitrogens with one attached hydrogen (secondary N) is 1. The van der Waals surface area contributed by atoms with E-state index >= 15 is 0 Å². The molecule has 1 saturated heterocycles. The summed E-state index contributed by atoms with van der Waals surface area (Å²) in [6, 6.07) is 8.35. The van der Waals surface area contributed by atoms with E-state index in [1.165, 1.54) is 5.56 Å². The van der Waals surface area contributed by atoms with Gasteiger partial charge in [-0.1, -0.05) is 12.1 Å². The highest BCUT2D eigenvalue weighted by Gasteiger charge is 2.18. The minimum atomic E-state index is -0.240. The van der Waals surface area contributed by atoms with Gasteiger partial charge in [-0.25, -0.2) is 0 Å². The van der Waals surface area contributed by atoms with Crippen LogP contribution in [0.4, 0.5) is 5.69 Å². The van der Waals surface area contributed by atoms with Crippen LogP contribution in [0.1, 0.15) is 24.9 Å². The maximum absolute atomic E-state index is 11.9. The van der Waals surface area contributed by atoms with Crippen molar-refractivity contribution in [3.05, 3.63) is 29.8 Å². The monoisotopic (exact) mass is 393 g/mol. The molecule has 0 aromatic heterocycles. The lowest BCUT2D eigenvalue weighted by Crippen LogP contribution is -2.38. The molecule has 1 aromatic carbocycles. The third-order valence-corrected chi connectivity index (χ3v) is 4.28. The summed E-state index contributed by atoms with van der Waals surface area (Å²) in [4.78, 5) is 14.3. The number of morpholine rings is 1. The number of amides is 1. The lowest BCUT2D eigenvalue weighted by molar-refractivity contribution is -0.118. The molecule has 1 amide bonds. The summed E-state index contributed by atoms with van der Waals surface area (Å²) < 4.78 is 10.5. The summed E-state index contributed by atoms with van der Waals surface area (Å²) in [7, 11) is 1.56. The highest BCUT2D eigenvalue weighted by Crippen LogP contribution is 2.22. The Kier molecular flexibility index (Phi) is 12.0. The third kappa shape index (κ3) is 7.48. The van der Waals surface area contributed by atoms with Gasteiger partial charge in [-0.15, -0.1) is 24.8 Å². The molecule has 144 valence electrons. The quantitative estimate of drug-likeness (QED) is 0.742. The van der Waals surface area contributed by atoms with Gasteiger partial charge in [0.05, 0.1) is 25.7 Å². The zero-order chi connectivity index (χ0) is 16.7. The first-order valence-electron chi connectivity index (χ1n) is 8.08. The van der Waals surface area contributed by atoms with Crippen LogP contribution in [0.2, 0.25) is 0 Å². The summed E-state index contributed by atoms with van der Waals surface area (Å²) in [6.07, 6.45) is 0.0227. The van der Waals surface area contributed by atoms with Crippen molar-refractivity contribution in [1.29, 1.82) is 0 Å². The lowest BCUT2D eigenvalue weighted by Gasteiger charge is -2.32. The standard InChI is InChI=1S/C17H27N3O3.2ClH/c1-13(20-7-9-23-10-8-20)14-3-5-15(6-4-14)19-17(21)11-16(12-18)22-2;;/h3-6,13,16H,7-12,18H2,1-2H3,(H,19,21);2*1H. The first kappa shape index (κ1) is 24.1. The van der Waals surface area contributed by atoms with E-state index in [1.54, 1.807) is 7.11 Å². The van der Waals surface area contributed by atoms with Gasteiger partial charge in [-0.2, -0.15) is 0 Å². The number of rotatable bonds is 7. The van der Waals surface area contributed by atoms with Crippen LogP contribution in [0.5, 0.6) is 0 Å². The fourth-order valence-electron chi connectivity index (χ4n) is 2.70. The van der Waals surface area contributed by atoms with Crippen molar-refractivity contribution >= 4 is 36.4 Å². The van der Waals surface area contributed by atoms with Crippen molar-refractivity contribution in [1.82, 2.24) is 4.90 Å². The zero-order valence-corrected chi connectivity index (χ0v) is 16.4. The average Bonchev–Trinajstić information content (AvgIpc) is 2.60. The van der Waals surface area contributed by atoms with Crippen molar-refractivity contribution in [2.45, 2.75) is 25.5 Å². The molecule has 0 spiro atoms. The van der Waals surface area contributed by atoms with Gasteiger partial charge in [0.25, 0.3) is 0 Å². The number of anilines is 1. The molecule has 0 saturated carbocycles. The van der Waals surface area contributed by atoms with Gasteiger partial charge in [-0.3, -0.25) is 9.69 Å². The number of benzene rings is 1. The van der Waals surface area contributed by atoms with E-state index in [-0.39, 0.29) is 43.2 Å². The molecule has 2 unspecified atom stereocenters. The van der Waals surface area contributed by atoms with Gasteiger partial charge >= 0.3 is 0 Å². The summed E-state index contributed by atoms with van der Waals surface area (Å²) in [5.74, 6) is -0.0868. The number of nitrogens with zero attached hydrogens (tertiary/aromatic N) is 1. The van der Waals surface area contributed by atoms with E-state index < -0.39 is 0 Å². The van der Waals surface area contributed by atoms with E-state index in [2.05, 4.69) is 29.3 Å². The first-order chi connectivity index (χ1) is 11.1. The van der Waals surface area contributed by atoms with Crippen molar-refractivity contribution in [3.63, 3.8) is 0 Å². The second-order valence-electron chi connectivity index (χ2n) is 5.79. The Hall–Kier alpha value is -0.890. The van der Waals surface area contributed by atoms with Crippen LogP contribution in [0, 0.1) is 0 Å². The SMILES string of the molecule is COC(CN)CC(=O)Nc1ccc(C(C)N2CCOCC2)cc1.Cl.Cl. The Morgan fingerprint density at radius 1 is 1.28 bits per heavy atom. The topological polar surface area (TPSA) is 76.8 Å². The fraction of sp³-hybridized carbons (Fsp3) is 0.588. The van der Waals surface area contributed by atoms with Crippen LogP contribution in [0.3, 0.4) is 0 Å². The number of carbonyl (C=O) groups excluding carboxylic acids is 1. The predicted octanol–water partition coefficient (Wildman–Crippen LogP) is 2.23. The van der Waals surface area contributed by atoms with Crippen LogP contribution in [-0.2, 0) is 14.3 Å². The third-order valence-electron chi connectivity index (χ3n) is 4.28. The van der Waals surface area contributed by atoms with E-state index in [4.69, 9.17) is 15.2 Å². The number of halogens is 2. The molecular formula is C17H29Cl2N3O3. The summed E-state index contributed by atoms with van der Waals surface area (Å²) in [5, 5.41) is 2.88. The van der Waals surface area contributed by atoms with Gasteiger partial charge in [0.15, 0.2) is 0 Å². The Morgan fingerprint density at radius 3 is 2.40 bits per heavy atom. The number of hydrogen-bond acceptors (Lipinski definition) is 5. The molecule has 25 heavy (non-hydrogen) atoms. The fourth-order valence-corrected chi connectivity index (χ4v) is 2.70. The number of carbonyl (C=O) groups is 1. The van der Waals surface area contributed by atoms with Crippen molar-refractivity contribution in [3.8, 4) is 0 Å². The Labute approximate surface area is 162 Å². The highest BCUT2D eigenvalue weighted by molar-refractivity contribution is 5.91. The largest absolute Gasteiger partial charge is 0.380 e. The lowest BCUT2D eigenvalue weighted by atomic mass is 10.1. The second kappa shape index (κ2) is 12.5. The van der Waals surface area contributed by atoms with E-state index in [1.807, 2.05) is 12.1 Å². The maximum atomic E-state index is 11.9. The van der Waals surface area contributed by atoms with E-state index in [0.29, 0.717) is 12.6 Å². The van der Waals surface area contributed by atoms with Crippen LogP contribution < -0.4 is 11.1 Å². The molecule has 0 aliphatic carbocycles. The van der Waals surface area contributed by atoms with Gasteiger partial charge < -0.3 is 20.5 Å². The minimum Gasteiger partial charge on any atom is -0.380 e. The molecule has 1 aliphatic rings. The minimum absolute atomic E-state index is 0. The van der Waals surface area contributed by atoms with Gasteiger partial charge in [-0.05, 0) is 24.6 Å². The molecule has 1 fully saturated rings. The zero-order valence-electron chi connectivity index (χ0n) is 14.8. The number of ether oxygens (including phenoxy) is 2. The van der Waals surface area contributed by atoms with Crippen LogP contribution >= 0.6 is 24.8 Å². The van der Waals surface area contributed by atoms with Crippen molar-refractivity contribution in [2.24, 2.45) is 5.73 Å². The smallest absolute Gasteiger partial charge is 0.227 e. The van der Waals surface area contributed by atoms with Crippen molar-refractivity contribution < 1.29 is 14.3 Å². The molecule has 1 aliphatic heterocycles. The Morgan fingerprint density at radius 2 is 1.88 bits per heavy atom. The molecule has 0 bridgehead atoms. The normalized spacial score (nSPS) is 16.9. The molecule has 6 nitrogen and oxygen atoms in total. The van der Waals surface area contributed by atoms with Gasteiger partial charge in [0, 0.05) is 38.5 Å². The second-order valence-corrected chi connectivity index (χ2v) is 5.79. The predicted molar refractivity (Wildman–Crippen MR) is 105 cm³/mol. The molecule has 3 N–H and O–H groups in total. The summed E-state index contributed by atoms with van der Waals surface area (Å²) >= 11 is 0. The van der Waals surface area contributed by atoms with Gasteiger partial charge in [0.2, 0.25) is 5.91 Å². The van der Waals surface area contributed by atoms with Gasteiger partial charge in [0.1, 0.15) is 0 Å². The molecule has 1 heterocycles. The molecule has 1 aromatic rings.